The van der Waals surface area contributed by atoms with E-state index in [0.717, 1.165) is 5.56 Å². The Kier molecular flexibility index (Phi) is 7.93. The van der Waals surface area contributed by atoms with E-state index < -0.39 is 16.1 Å². The summed E-state index contributed by atoms with van der Waals surface area (Å²) in [5.74, 6) is 0.589. The molecule has 0 radical (unpaired) electrons. The largest absolute Gasteiger partial charge is 0.491 e. The number of ether oxygens (including phenoxy) is 1. The third kappa shape index (κ3) is 6.29. The third-order valence-corrected chi connectivity index (χ3v) is 7.69. The molecule has 0 spiro atoms. The topological polar surface area (TPSA) is 79.8 Å². The predicted octanol–water partition coefficient (Wildman–Crippen LogP) is 6.54. The second-order valence-corrected chi connectivity index (χ2v) is 11.4. The summed E-state index contributed by atoms with van der Waals surface area (Å²) in [5.41, 5.74) is 5.23. The minimum atomic E-state index is -3.93. The highest BCUT2D eigenvalue weighted by Gasteiger charge is 2.32. The van der Waals surface area contributed by atoms with Gasteiger partial charge in [-0.2, -0.15) is 9.82 Å². The quantitative estimate of drug-likeness (QED) is 0.332. The van der Waals surface area contributed by atoms with E-state index in [1.165, 1.54) is 12.1 Å². The van der Waals surface area contributed by atoms with Crippen LogP contribution < -0.4 is 14.9 Å². The highest BCUT2D eigenvalue weighted by Crippen LogP contribution is 2.33. The molecule has 1 aliphatic rings. The highest BCUT2D eigenvalue weighted by atomic mass is 35.5. The average molecular weight is 553 g/mol. The van der Waals surface area contributed by atoms with Crippen LogP contribution in [0.25, 0.3) is 0 Å². The van der Waals surface area contributed by atoms with Gasteiger partial charge in [-0.1, -0.05) is 53.0 Å². The van der Waals surface area contributed by atoms with Crippen LogP contribution in [0, 0.1) is 0 Å². The maximum atomic E-state index is 13.4. The molecule has 184 valence electrons. The van der Waals surface area contributed by atoms with Crippen LogP contribution in [0.5, 0.6) is 5.75 Å². The Bertz CT molecular complexity index is 1330. The molecule has 35 heavy (non-hydrogen) atoms. The number of rotatable bonds is 8. The van der Waals surface area contributed by atoms with E-state index in [-0.39, 0.29) is 17.0 Å². The zero-order valence-electron chi connectivity index (χ0n) is 19.0. The average Bonchev–Trinajstić information content (AvgIpc) is 3.28. The van der Waals surface area contributed by atoms with Gasteiger partial charge in [-0.25, -0.2) is 8.42 Å². The summed E-state index contributed by atoms with van der Waals surface area (Å²) in [6.07, 6.45) is 0.447. The van der Waals surface area contributed by atoms with Gasteiger partial charge in [0.05, 0.1) is 28.8 Å². The van der Waals surface area contributed by atoms with E-state index >= 15 is 0 Å². The molecule has 6 nitrogen and oxygen atoms in total. The van der Waals surface area contributed by atoms with Crippen molar-refractivity contribution in [3.63, 3.8) is 0 Å². The highest BCUT2D eigenvalue weighted by molar-refractivity contribution is 7.89. The molecule has 2 atom stereocenters. The van der Waals surface area contributed by atoms with E-state index in [0.29, 0.717) is 38.5 Å². The number of sulfonamides is 1. The van der Waals surface area contributed by atoms with E-state index in [1.54, 1.807) is 42.5 Å². The first-order chi connectivity index (χ1) is 16.6. The first-order valence-electron chi connectivity index (χ1n) is 10.9. The zero-order chi connectivity index (χ0) is 25.2. The van der Waals surface area contributed by atoms with Crippen LogP contribution in [0.3, 0.4) is 0 Å². The minimum absolute atomic E-state index is 0.0199. The number of nitrogens with zero attached hydrogens (tertiary/aromatic N) is 1. The number of halogens is 3. The molecule has 1 heterocycles. The standard InChI is InChI=1S/C25H24Cl3N3O3S/c1-15(2)34-19-8-10-20(11-9-19)35(32,33)31-25(21-12-7-18(27)13-22(21)28)24-14-23(29-30-24)16-3-5-17(26)6-4-16/h3-13,15,23,25,29,31H,14H2,1-2H3. The van der Waals surface area contributed by atoms with Gasteiger partial charge in [0.2, 0.25) is 10.0 Å². The number of benzene rings is 3. The lowest BCUT2D eigenvalue weighted by Crippen LogP contribution is -2.33. The van der Waals surface area contributed by atoms with Crippen LogP contribution in [0.4, 0.5) is 0 Å². The number of hydrogen-bond donors (Lipinski definition) is 2. The monoisotopic (exact) mass is 551 g/mol. The maximum Gasteiger partial charge on any atom is 0.241 e. The second-order valence-electron chi connectivity index (χ2n) is 8.40. The summed E-state index contributed by atoms with van der Waals surface area (Å²) in [5, 5.41) is 5.90. The first-order valence-corrected chi connectivity index (χ1v) is 13.6. The SMILES string of the molecule is CC(C)Oc1ccc(S(=O)(=O)NC(C2=NNC(c3ccc(Cl)cc3)C2)c2ccc(Cl)cc2Cl)cc1. The van der Waals surface area contributed by atoms with Gasteiger partial charge >= 0.3 is 0 Å². The minimum Gasteiger partial charge on any atom is -0.491 e. The number of nitrogens with one attached hydrogen (secondary N) is 2. The van der Waals surface area contributed by atoms with Gasteiger partial charge in [0.25, 0.3) is 0 Å². The van der Waals surface area contributed by atoms with Crippen molar-refractivity contribution in [1.29, 1.82) is 0 Å². The summed E-state index contributed by atoms with van der Waals surface area (Å²) < 4.78 is 35.1. The Labute approximate surface area is 220 Å². The molecule has 0 aliphatic carbocycles. The van der Waals surface area contributed by atoms with Crippen molar-refractivity contribution in [2.75, 3.05) is 0 Å². The molecule has 3 aromatic rings. The fourth-order valence-corrected chi connectivity index (χ4v) is 5.62. The molecule has 2 unspecified atom stereocenters. The Morgan fingerprint density at radius 1 is 0.971 bits per heavy atom. The summed E-state index contributed by atoms with van der Waals surface area (Å²) >= 11 is 18.6. The molecule has 0 fully saturated rings. The number of hydrogen-bond acceptors (Lipinski definition) is 5. The molecule has 0 amide bonds. The molecular formula is C25H24Cl3N3O3S. The van der Waals surface area contributed by atoms with Crippen molar-refractivity contribution in [2.45, 2.75) is 43.4 Å². The Balaban J connectivity index is 1.63. The van der Waals surface area contributed by atoms with Crippen molar-refractivity contribution in [3.8, 4) is 5.75 Å². The van der Waals surface area contributed by atoms with Crippen molar-refractivity contribution in [3.05, 3.63) is 92.9 Å². The van der Waals surface area contributed by atoms with Crippen LogP contribution >= 0.6 is 34.8 Å². The molecule has 0 saturated carbocycles. The lowest BCUT2D eigenvalue weighted by atomic mass is 9.96. The Hall–Kier alpha value is -2.29. The fraction of sp³-hybridized carbons (Fsp3) is 0.240. The molecule has 0 aromatic heterocycles. The van der Waals surface area contributed by atoms with E-state index in [2.05, 4.69) is 15.2 Å². The molecule has 2 N–H and O–H groups in total. The van der Waals surface area contributed by atoms with E-state index in [1.807, 2.05) is 26.0 Å². The second kappa shape index (κ2) is 10.8. The van der Waals surface area contributed by atoms with Gasteiger partial charge in [-0.15, -0.1) is 0 Å². The molecular weight excluding hydrogens is 529 g/mol. The van der Waals surface area contributed by atoms with Crippen molar-refractivity contribution in [2.24, 2.45) is 5.10 Å². The van der Waals surface area contributed by atoms with Crippen LogP contribution in [0.2, 0.25) is 15.1 Å². The Morgan fingerprint density at radius 3 is 2.26 bits per heavy atom. The molecule has 3 aromatic carbocycles. The Morgan fingerprint density at radius 2 is 1.63 bits per heavy atom. The lowest BCUT2D eigenvalue weighted by Gasteiger charge is -2.21. The van der Waals surface area contributed by atoms with Crippen molar-refractivity contribution in [1.82, 2.24) is 10.1 Å². The fourth-order valence-electron chi connectivity index (χ4n) is 3.77. The third-order valence-electron chi connectivity index (χ3n) is 5.44. The van der Waals surface area contributed by atoms with Crippen molar-refractivity contribution < 1.29 is 13.2 Å². The molecule has 4 rings (SSSR count). The first kappa shape index (κ1) is 25.8. The van der Waals surface area contributed by atoms with Crippen molar-refractivity contribution >= 4 is 50.5 Å². The normalized spacial score (nSPS) is 16.6. The summed E-state index contributed by atoms with van der Waals surface area (Å²) in [7, 11) is -3.93. The van der Waals surface area contributed by atoms with Crippen LogP contribution in [-0.2, 0) is 10.0 Å². The summed E-state index contributed by atoms with van der Waals surface area (Å²) in [6, 6.07) is 17.7. The van der Waals surface area contributed by atoms with Gasteiger partial charge in [0, 0.05) is 21.5 Å². The maximum absolute atomic E-state index is 13.4. The van der Waals surface area contributed by atoms with Gasteiger partial charge in [-0.05, 0) is 73.5 Å². The van der Waals surface area contributed by atoms with Gasteiger partial charge in [0.15, 0.2) is 0 Å². The lowest BCUT2D eigenvalue weighted by molar-refractivity contribution is 0.242. The zero-order valence-corrected chi connectivity index (χ0v) is 22.1. The van der Waals surface area contributed by atoms with Gasteiger partial charge in [-0.3, -0.25) is 0 Å². The summed E-state index contributed by atoms with van der Waals surface area (Å²) in [4.78, 5) is 0.101. The molecule has 0 bridgehead atoms. The van der Waals surface area contributed by atoms with Crippen LogP contribution in [-0.4, -0.2) is 20.2 Å². The van der Waals surface area contributed by atoms with E-state index in [9.17, 15) is 8.42 Å². The smallest absolute Gasteiger partial charge is 0.241 e. The van der Waals surface area contributed by atoms with Gasteiger partial charge in [0.1, 0.15) is 5.75 Å². The molecule has 1 aliphatic heterocycles. The van der Waals surface area contributed by atoms with Gasteiger partial charge < -0.3 is 10.2 Å². The summed E-state index contributed by atoms with van der Waals surface area (Å²) in [6.45, 7) is 3.81. The van der Waals surface area contributed by atoms with E-state index in [4.69, 9.17) is 39.5 Å². The van der Waals surface area contributed by atoms with Crippen LogP contribution in [0.1, 0.15) is 43.5 Å². The van der Waals surface area contributed by atoms with Crippen LogP contribution in [0.15, 0.2) is 76.7 Å². The predicted molar refractivity (Wildman–Crippen MR) is 141 cm³/mol. The number of hydrazone groups is 1. The molecule has 0 saturated heterocycles. The molecule has 10 heteroatoms.